The standard InChI is InChI=1S/C15H22ClN5O2S/c1-5-17-12-7-6-11(24(22,23)20(2)3)8-13(12)18-10-15-19-9-14(16)21(15)4/h6-9,17-18H,5,10H2,1-4H3. The van der Waals surface area contributed by atoms with E-state index in [9.17, 15) is 8.42 Å². The number of nitrogens with one attached hydrogen (secondary N) is 2. The number of imidazole rings is 1. The Kier molecular flexibility index (Phi) is 5.74. The van der Waals surface area contributed by atoms with E-state index in [1.54, 1.807) is 29.0 Å². The molecule has 0 aliphatic heterocycles. The van der Waals surface area contributed by atoms with Gasteiger partial charge in [0, 0.05) is 27.7 Å². The summed E-state index contributed by atoms with van der Waals surface area (Å²) >= 11 is 5.99. The number of hydrogen-bond donors (Lipinski definition) is 2. The lowest BCUT2D eigenvalue weighted by atomic mass is 10.2. The van der Waals surface area contributed by atoms with Crippen LogP contribution in [0.25, 0.3) is 0 Å². The van der Waals surface area contributed by atoms with Gasteiger partial charge in [-0.25, -0.2) is 17.7 Å². The number of sulfonamides is 1. The Bertz CT molecular complexity index is 817. The minimum atomic E-state index is -3.49. The van der Waals surface area contributed by atoms with Gasteiger partial charge >= 0.3 is 0 Å². The largest absolute Gasteiger partial charge is 0.384 e. The molecule has 0 aliphatic carbocycles. The summed E-state index contributed by atoms with van der Waals surface area (Å²) in [6, 6.07) is 4.97. The normalized spacial score (nSPS) is 11.8. The quantitative estimate of drug-likeness (QED) is 0.781. The molecule has 9 heteroatoms. The predicted molar refractivity (Wildman–Crippen MR) is 97.0 cm³/mol. The highest BCUT2D eigenvalue weighted by molar-refractivity contribution is 7.89. The number of rotatable bonds is 7. The smallest absolute Gasteiger partial charge is 0.242 e. The number of anilines is 2. The average molecular weight is 372 g/mol. The maximum Gasteiger partial charge on any atom is 0.242 e. The number of halogens is 1. The summed E-state index contributed by atoms with van der Waals surface area (Å²) in [5, 5.41) is 6.99. The fraction of sp³-hybridized carbons (Fsp3) is 0.400. The van der Waals surface area contributed by atoms with E-state index in [0.717, 1.165) is 18.1 Å². The summed E-state index contributed by atoms with van der Waals surface area (Å²) in [5.41, 5.74) is 1.52. The summed E-state index contributed by atoms with van der Waals surface area (Å²) < 4.78 is 27.6. The van der Waals surface area contributed by atoms with Crippen LogP contribution < -0.4 is 10.6 Å². The fourth-order valence-electron chi connectivity index (χ4n) is 2.15. The molecule has 24 heavy (non-hydrogen) atoms. The highest BCUT2D eigenvalue weighted by Gasteiger charge is 2.19. The van der Waals surface area contributed by atoms with Crippen molar-refractivity contribution < 1.29 is 8.42 Å². The van der Waals surface area contributed by atoms with Crippen LogP contribution in [0.1, 0.15) is 12.7 Å². The van der Waals surface area contributed by atoms with Gasteiger partial charge in [-0.15, -0.1) is 0 Å². The second-order valence-electron chi connectivity index (χ2n) is 5.43. The van der Waals surface area contributed by atoms with Gasteiger partial charge in [-0.3, -0.25) is 0 Å². The van der Waals surface area contributed by atoms with Crippen molar-refractivity contribution in [2.75, 3.05) is 31.3 Å². The van der Waals surface area contributed by atoms with E-state index in [4.69, 9.17) is 11.6 Å². The zero-order valence-electron chi connectivity index (χ0n) is 14.2. The summed E-state index contributed by atoms with van der Waals surface area (Å²) in [6.45, 7) is 3.13. The van der Waals surface area contributed by atoms with Crippen molar-refractivity contribution in [3.8, 4) is 0 Å². The lowest BCUT2D eigenvalue weighted by molar-refractivity contribution is 0.521. The van der Waals surface area contributed by atoms with Gasteiger partial charge in [0.15, 0.2) is 0 Å². The Labute approximate surface area is 147 Å². The van der Waals surface area contributed by atoms with Crippen LogP contribution in [-0.2, 0) is 23.6 Å². The number of hydrogen-bond acceptors (Lipinski definition) is 5. The summed E-state index contributed by atoms with van der Waals surface area (Å²) in [5.74, 6) is 0.753. The lowest BCUT2D eigenvalue weighted by Crippen LogP contribution is -2.22. The minimum Gasteiger partial charge on any atom is -0.384 e. The van der Waals surface area contributed by atoms with Gasteiger partial charge in [0.2, 0.25) is 10.0 Å². The maximum atomic E-state index is 12.3. The third kappa shape index (κ3) is 3.82. The van der Waals surface area contributed by atoms with Crippen molar-refractivity contribution in [3.05, 3.63) is 35.4 Å². The SMILES string of the molecule is CCNc1ccc(S(=O)(=O)N(C)C)cc1NCc1ncc(Cl)n1C. The van der Waals surface area contributed by atoms with Gasteiger partial charge in [0.25, 0.3) is 0 Å². The Morgan fingerprint density at radius 1 is 1.25 bits per heavy atom. The van der Waals surface area contributed by atoms with Crippen LogP contribution in [0.2, 0.25) is 5.15 Å². The molecule has 0 amide bonds. The maximum absolute atomic E-state index is 12.3. The summed E-state index contributed by atoms with van der Waals surface area (Å²) in [6.07, 6.45) is 1.58. The Morgan fingerprint density at radius 2 is 1.96 bits per heavy atom. The fourth-order valence-corrected chi connectivity index (χ4v) is 3.22. The lowest BCUT2D eigenvalue weighted by Gasteiger charge is -2.17. The van der Waals surface area contributed by atoms with E-state index in [0.29, 0.717) is 17.4 Å². The summed E-state index contributed by atoms with van der Waals surface area (Å²) in [7, 11) is 1.35. The van der Waals surface area contributed by atoms with E-state index < -0.39 is 10.0 Å². The molecule has 2 N–H and O–H groups in total. The van der Waals surface area contributed by atoms with Crippen molar-refractivity contribution >= 4 is 33.0 Å². The molecule has 2 aromatic rings. The molecule has 2 rings (SSSR count). The van der Waals surface area contributed by atoms with E-state index in [1.807, 2.05) is 14.0 Å². The van der Waals surface area contributed by atoms with Gasteiger partial charge in [0.1, 0.15) is 11.0 Å². The minimum absolute atomic E-state index is 0.231. The Morgan fingerprint density at radius 3 is 2.50 bits per heavy atom. The van der Waals surface area contributed by atoms with E-state index in [1.165, 1.54) is 18.4 Å². The molecule has 0 saturated carbocycles. The van der Waals surface area contributed by atoms with Gasteiger partial charge in [-0.1, -0.05) is 11.6 Å². The van der Waals surface area contributed by atoms with Crippen LogP contribution in [0, 0.1) is 0 Å². The number of aromatic nitrogens is 2. The van der Waals surface area contributed by atoms with Crippen LogP contribution in [0.15, 0.2) is 29.3 Å². The Hall–Kier alpha value is -1.77. The molecule has 132 valence electrons. The molecule has 0 saturated heterocycles. The number of nitrogens with zero attached hydrogens (tertiary/aromatic N) is 3. The van der Waals surface area contributed by atoms with Crippen molar-refractivity contribution in [3.63, 3.8) is 0 Å². The molecule has 1 heterocycles. The predicted octanol–water partition coefficient (Wildman–Crippen LogP) is 2.37. The second kappa shape index (κ2) is 7.42. The molecular weight excluding hydrogens is 350 g/mol. The van der Waals surface area contributed by atoms with Crippen molar-refractivity contribution in [1.82, 2.24) is 13.9 Å². The van der Waals surface area contributed by atoms with Gasteiger partial charge in [0.05, 0.1) is 29.0 Å². The third-order valence-electron chi connectivity index (χ3n) is 3.60. The van der Waals surface area contributed by atoms with Gasteiger partial charge in [-0.2, -0.15) is 0 Å². The number of benzene rings is 1. The molecule has 0 spiro atoms. The first kappa shape index (κ1) is 18.6. The highest BCUT2D eigenvalue weighted by atomic mass is 35.5. The molecular formula is C15H22ClN5O2S. The van der Waals surface area contributed by atoms with Crippen molar-refractivity contribution in [1.29, 1.82) is 0 Å². The molecule has 7 nitrogen and oxygen atoms in total. The van der Waals surface area contributed by atoms with Crippen LogP contribution in [0.3, 0.4) is 0 Å². The summed E-state index contributed by atoms with van der Waals surface area (Å²) in [4.78, 5) is 4.46. The molecule has 0 radical (unpaired) electrons. The van der Waals surface area contributed by atoms with Crippen LogP contribution in [0.4, 0.5) is 11.4 Å². The van der Waals surface area contributed by atoms with E-state index in [-0.39, 0.29) is 4.90 Å². The Balaban J connectivity index is 2.33. The molecule has 0 aliphatic rings. The van der Waals surface area contributed by atoms with E-state index in [2.05, 4.69) is 15.6 Å². The third-order valence-corrected chi connectivity index (χ3v) is 5.76. The van der Waals surface area contributed by atoms with Crippen LogP contribution in [-0.4, -0.2) is 42.9 Å². The zero-order chi connectivity index (χ0) is 17.9. The topological polar surface area (TPSA) is 79.3 Å². The molecule has 0 bridgehead atoms. The molecule has 1 aromatic heterocycles. The van der Waals surface area contributed by atoms with Crippen molar-refractivity contribution in [2.24, 2.45) is 7.05 Å². The molecule has 0 fully saturated rings. The highest BCUT2D eigenvalue weighted by Crippen LogP contribution is 2.27. The average Bonchev–Trinajstić information content (AvgIpc) is 2.85. The van der Waals surface area contributed by atoms with Crippen LogP contribution in [0.5, 0.6) is 0 Å². The van der Waals surface area contributed by atoms with Crippen LogP contribution >= 0.6 is 11.6 Å². The zero-order valence-corrected chi connectivity index (χ0v) is 15.7. The van der Waals surface area contributed by atoms with Gasteiger partial charge < -0.3 is 15.2 Å². The monoisotopic (exact) mass is 371 g/mol. The molecule has 1 aromatic carbocycles. The first-order chi connectivity index (χ1) is 11.3. The first-order valence-electron chi connectivity index (χ1n) is 7.47. The van der Waals surface area contributed by atoms with Gasteiger partial charge in [-0.05, 0) is 25.1 Å². The molecule has 0 atom stereocenters. The second-order valence-corrected chi connectivity index (χ2v) is 7.97. The molecule has 0 unspecified atom stereocenters. The first-order valence-corrected chi connectivity index (χ1v) is 9.29. The van der Waals surface area contributed by atoms with E-state index >= 15 is 0 Å². The van der Waals surface area contributed by atoms with Crippen molar-refractivity contribution in [2.45, 2.75) is 18.4 Å².